The average molecular weight is 517 g/mol. The van der Waals surface area contributed by atoms with Crippen molar-refractivity contribution in [2.75, 3.05) is 52.5 Å². The van der Waals surface area contributed by atoms with Gasteiger partial charge in [-0.2, -0.15) is 0 Å². The SMILES string of the molecule is CCCCCCC(CCCCCCCCC(=O)O)OC(=O)OCCN(CCO)CCCN(CC)CC. The Morgan fingerprint density at radius 3 is 1.89 bits per heavy atom. The van der Waals surface area contributed by atoms with E-state index in [1.54, 1.807) is 0 Å². The fourth-order valence-electron chi connectivity index (χ4n) is 4.38. The Kier molecular flexibility index (Phi) is 24.3. The van der Waals surface area contributed by atoms with Crippen molar-refractivity contribution in [3.8, 4) is 0 Å². The maximum absolute atomic E-state index is 12.4. The topological polar surface area (TPSA) is 99.5 Å². The predicted molar refractivity (Wildman–Crippen MR) is 145 cm³/mol. The van der Waals surface area contributed by atoms with Crippen molar-refractivity contribution in [1.29, 1.82) is 0 Å². The molecule has 0 rings (SSSR count). The first kappa shape index (κ1) is 34.6. The van der Waals surface area contributed by atoms with Gasteiger partial charge in [-0.1, -0.05) is 65.7 Å². The van der Waals surface area contributed by atoms with E-state index >= 15 is 0 Å². The largest absolute Gasteiger partial charge is 0.508 e. The van der Waals surface area contributed by atoms with Gasteiger partial charge in [0.25, 0.3) is 0 Å². The Morgan fingerprint density at radius 2 is 1.31 bits per heavy atom. The zero-order valence-electron chi connectivity index (χ0n) is 23.6. The van der Waals surface area contributed by atoms with Gasteiger partial charge in [-0.15, -0.1) is 0 Å². The van der Waals surface area contributed by atoms with Crippen LogP contribution in [-0.4, -0.2) is 90.7 Å². The Bertz CT molecular complexity index is 516. The van der Waals surface area contributed by atoms with E-state index in [0.717, 1.165) is 96.8 Å². The van der Waals surface area contributed by atoms with Gasteiger partial charge < -0.3 is 24.6 Å². The summed E-state index contributed by atoms with van der Waals surface area (Å²) in [6.45, 7) is 12.0. The number of carboxylic acid groups (broad SMARTS) is 1. The Balaban J connectivity index is 4.30. The minimum absolute atomic E-state index is 0.0924. The molecular weight excluding hydrogens is 460 g/mol. The maximum Gasteiger partial charge on any atom is 0.508 e. The van der Waals surface area contributed by atoms with E-state index in [1.165, 1.54) is 12.8 Å². The lowest BCUT2D eigenvalue weighted by atomic mass is 10.0. The zero-order valence-corrected chi connectivity index (χ0v) is 23.6. The second-order valence-corrected chi connectivity index (χ2v) is 9.69. The van der Waals surface area contributed by atoms with Crippen molar-refractivity contribution in [1.82, 2.24) is 9.80 Å². The molecule has 0 heterocycles. The fourth-order valence-corrected chi connectivity index (χ4v) is 4.38. The van der Waals surface area contributed by atoms with Crippen LogP contribution in [0.1, 0.15) is 111 Å². The Hall–Kier alpha value is -1.38. The highest BCUT2D eigenvalue weighted by molar-refractivity contribution is 5.66. The molecule has 0 saturated carbocycles. The van der Waals surface area contributed by atoms with Gasteiger partial charge >= 0.3 is 12.1 Å². The third-order valence-electron chi connectivity index (χ3n) is 6.70. The first-order valence-electron chi connectivity index (χ1n) is 14.6. The van der Waals surface area contributed by atoms with Gasteiger partial charge in [0.1, 0.15) is 12.7 Å². The van der Waals surface area contributed by atoms with E-state index in [-0.39, 0.29) is 25.7 Å². The van der Waals surface area contributed by atoms with Crippen LogP contribution in [0.5, 0.6) is 0 Å². The van der Waals surface area contributed by atoms with Crippen LogP contribution in [0, 0.1) is 0 Å². The summed E-state index contributed by atoms with van der Waals surface area (Å²) in [6, 6.07) is 0. The Labute approximate surface area is 220 Å². The fraction of sp³-hybridized carbons (Fsp3) is 0.929. The van der Waals surface area contributed by atoms with E-state index in [2.05, 4.69) is 30.6 Å². The second kappa shape index (κ2) is 25.3. The molecule has 1 unspecified atom stereocenters. The number of rotatable bonds is 26. The van der Waals surface area contributed by atoms with Crippen LogP contribution in [0.2, 0.25) is 0 Å². The molecule has 0 aliphatic heterocycles. The number of aliphatic hydroxyl groups is 1. The van der Waals surface area contributed by atoms with Crippen molar-refractivity contribution in [3.05, 3.63) is 0 Å². The molecule has 1 atom stereocenters. The maximum atomic E-state index is 12.4. The predicted octanol–water partition coefficient (Wildman–Crippen LogP) is 5.71. The number of carbonyl (C=O) groups excluding carboxylic acids is 1. The van der Waals surface area contributed by atoms with Crippen LogP contribution in [0.3, 0.4) is 0 Å². The number of carbonyl (C=O) groups is 2. The molecule has 0 amide bonds. The average Bonchev–Trinajstić information content (AvgIpc) is 2.85. The first-order valence-corrected chi connectivity index (χ1v) is 14.6. The summed E-state index contributed by atoms with van der Waals surface area (Å²) in [7, 11) is 0. The molecular formula is C28H56N2O6. The smallest absolute Gasteiger partial charge is 0.481 e. The lowest BCUT2D eigenvalue weighted by molar-refractivity contribution is -0.137. The molecule has 0 saturated heterocycles. The van der Waals surface area contributed by atoms with Crippen molar-refractivity contribution < 1.29 is 29.3 Å². The lowest BCUT2D eigenvalue weighted by Crippen LogP contribution is -2.34. The molecule has 214 valence electrons. The summed E-state index contributed by atoms with van der Waals surface area (Å²) in [5.41, 5.74) is 0. The van der Waals surface area contributed by atoms with Gasteiger partial charge in [-0.25, -0.2) is 4.79 Å². The van der Waals surface area contributed by atoms with Gasteiger partial charge in [0, 0.05) is 19.5 Å². The number of aliphatic carboxylic acids is 1. The zero-order chi connectivity index (χ0) is 26.9. The number of carboxylic acids is 1. The monoisotopic (exact) mass is 516 g/mol. The summed E-state index contributed by atoms with van der Waals surface area (Å²) in [4.78, 5) is 27.4. The highest BCUT2D eigenvalue weighted by atomic mass is 16.7. The van der Waals surface area contributed by atoms with Crippen LogP contribution in [0.15, 0.2) is 0 Å². The van der Waals surface area contributed by atoms with Gasteiger partial charge in [-0.05, 0) is 64.7 Å². The molecule has 0 aromatic rings. The van der Waals surface area contributed by atoms with Gasteiger partial charge in [0.05, 0.1) is 6.61 Å². The normalized spacial score (nSPS) is 12.3. The molecule has 0 spiro atoms. The number of hydrogen-bond donors (Lipinski definition) is 2. The standard InChI is InChI=1S/C28H56N2O6/c1-4-7-8-13-17-26(18-14-11-9-10-12-15-19-27(32)33)36-28(34)35-25-23-30(22-24-31)21-16-20-29(5-2)6-3/h26,31H,4-25H2,1-3H3,(H,32,33). The van der Waals surface area contributed by atoms with E-state index in [4.69, 9.17) is 14.6 Å². The summed E-state index contributed by atoms with van der Waals surface area (Å²) >= 11 is 0. The van der Waals surface area contributed by atoms with Crippen molar-refractivity contribution in [2.45, 2.75) is 117 Å². The Morgan fingerprint density at radius 1 is 0.722 bits per heavy atom. The van der Waals surface area contributed by atoms with Crippen LogP contribution >= 0.6 is 0 Å². The number of aliphatic hydroxyl groups excluding tert-OH is 1. The molecule has 8 heteroatoms. The van der Waals surface area contributed by atoms with E-state index < -0.39 is 12.1 Å². The molecule has 2 N–H and O–H groups in total. The third kappa shape index (κ3) is 21.9. The number of ether oxygens (including phenoxy) is 2. The van der Waals surface area contributed by atoms with Crippen LogP contribution in [0.4, 0.5) is 4.79 Å². The molecule has 0 aliphatic carbocycles. The molecule has 0 aromatic heterocycles. The summed E-state index contributed by atoms with van der Waals surface area (Å²) < 4.78 is 11.1. The lowest BCUT2D eigenvalue weighted by Gasteiger charge is -2.24. The van der Waals surface area contributed by atoms with Crippen LogP contribution in [-0.2, 0) is 14.3 Å². The van der Waals surface area contributed by atoms with Crippen molar-refractivity contribution in [2.24, 2.45) is 0 Å². The molecule has 0 fully saturated rings. The van der Waals surface area contributed by atoms with E-state index in [0.29, 0.717) is 13.1 Å². The summed E-state index contributed by atoms with van der Waals surface area (Å²) in [5, 5.41) is 18.1. The molecule has 0 radical (unpaired) electrons. The molecule has 8 nitrogen and oxygen atoms in total. The number of nitrogens with zero attached hydrogens (tertiary/aromatic N) is 2. The second-order valence-electron chi connectivity index (χ2n) is 9.69. The van der Waals surface area contributed by atoms with Crippen LogP contribution < -0.4 is 0 Å². The van der Waals surface area contributed by atoms with Crippen molar-refractivity contribution >= 4 is 12.1 Å². The molecule has 0 aromatic carbocycles. The number of hydrogen-bond acceptors (Lipinski definition) is 7. The summed E-state index contributed by atoms with van der Waals surface area (Å²) in [5.74, 6) is -0.721. The molecule has 0 aliphatic rings. The minimum atomic E-state index is -0.721. The van der Waals surface area contributed by atoms with E-state index in [9.17, 15) is 14.7 Å². The molecule has 0 bridgehead atoms. The first-order chi connectivity index (χ1) is 17.5. The molecule has 36 heavy (non-hydrogen) atoms. The highest BCUT2D eigenvalue weighted by Gasteiger charge is 2.16. The van der Waals surface area contributed by atoms with Crippen LogP contribution in [0.25, 0.3) is 0 Å². The van der Waals surface area contributed by atoms with Gasteiger partial charge in [0.2, 0.25) is 0 Å². The highest BCUT2D eigenvalue weighted by Crippen LogP contribution is 2.17. The van der Waals surface area contributed by atoms with E-state index in [1.807, 2.05) is 0 Å². The van der Waals surface area contributed by atoms with Gasteiger partial charge in [0.15, 0.2) is 0 Å². The van der Waals surface area contributed by atoms with Gasteiger partial charge in [-0.3, -0.25) is 9.69 Å². The number of unbranched alkanes of at least 4 members (excludes halogenated alkanes) is 8. The quantitative estimate of drug-likeness (QED) is 0.111. The minimum Gasteiger partial charge on any atom is -0.481 e. The van der Waals surface area contributed by atoms with Crippen molar-refractivity contribution in [3.63, 3.8) is 0 Å². The summed E-state index contributed by atoms with van der Waals surface area (Å²) in [6.07, 6.45) is 12.8. The third-order valence-corrected chi connectivity index (χ3v) is 6.70.